The molecule has 35 heavy (non-hydrogen) atoms. The van der Waals surface area contributed by atoms with Gasteiger partial charge in [0, 0.05) is 13.0 Å². The molecule has 9 heteroatoms. The van der Waals surface area contributed by atoms with Gasteiger partial charge in [-0.15, -0.1) is 0 Å². The molecule has 0 spiro atoms. The van der Waals surface area contributed by atoms with Crippen molar-refractivity contribution < 1.29 is 33.1 Å². The number of rotatable bonds is 7. The van der Waals surface area contributed by atoms with Crippen LogP contribution in [0.15, 0.2) is 0 Å². The van der Waals surface area contributed by atoms with Gasteiger partial charge in [-0.1, -0.05) is 20.8 Å². The molecule has 0 heterocycles. The van der Waals surface area contributed by atoms with Crippen LogP contribution in [0.5, 0.6) is 0 Å². The Morgan fingerprint density at radius 2 is 1.77 bits per heavy atom. The lowest BCUT2D eigenvalue weighted by molar-refractivity contribution is -0.207. The number of aliphatic hydroxyl groups is 3. The maximum absolute atomic E-state index is 12.2. The Bertz CT molecular complexity index is 896. The summed E-state index contributed by atoms with van der Waals surface area (Å²) in [6.07, 6.45) is 5.67. The van der Waals surface area contributed by atoms with E-state index in [0.717, 1.165) is 38.5 Å². The lowest BCUT2D eigenvalue weighted by Crippen LogP contribution is -2.62. The van der Waals surface area contributed by atoms with Gasteiger partial charge in [0.1, 0.15) is 0 Å². The van der Waals surface area contributed by atoms with Crippen LogP contribution in [0.3, 0.4) is 0 Å². The third-order valence-corrected chi connectivity index (χ3v) is 11.7. The number of hydrogen-bond acceptors (Lipinski definition) is 6. The van der Waals surface area contributed by atoms with E-state index in [1.807, 2.05) is 0 Å². The molecule has 0 saturated heterocycles. The zero-order valence-electron chi connectivity index (χ0n) is 21.4. The molecule has 4 aliphatic carbocycles. The number of carbonyl (C=O) groups excluding carboxylic acids is 1. The predicted molar refractivity (Wildman–Crippen MR) is 132 cm³/mol. The molecule has 1 amide bonds. The predicted octanol–water partition coefficient (Wildman–Crippen LogP) is 2.37. The highest BCUT2D eigenvalue weighted by molar-refractivity contribution is 7.85. The van der Waals surface area contributed by atoms with Gasteiger partial charge in [-0.05, 0) is 97.7 Å². The average Bonchev–Trinajstić information content (AvgIpc) is 3.12. The van der Waals surface area contributed by atoms with Crippen LogP contribution in [0.4, 0.5) is 0 Å². The van der Waals surface area contributed by atoms with E-state index >= 15 is 0 Å². The number of hydrogen-bond donors (Lipinski definition) is 5. The van der Waals surface area contributed by atoms with Crippen LogP contribution in [0.2, 0.25) is 0 Å². The summed E-state index contributed by atoms with van der Waals surface area (Å²) >= 11 is 0. The van der Waals surface area contributed by atoms with E-state index in [0.29, 0.717) is 18.8 Å². The number of aliphatic hydroxyl groups excluding tert-OH is 3. The van der Waals surface area contributed by atoms with Crippen LogP contribution in [-0.2, 0) is 14.9 Å². The summed E-state index contributed by atoms with van der Waals surface area (Å²) in [5.41, 5.74) is -0.254. The first kappa shape index (κ1) is 27.3. The number of nitrogens with one attached hydrogen (secondary N) is 1. The molecule has 0 aromatic heterocycles. The Labute approximate surface area is 210 Å². The van der Waals surface area contributed by atoms with Crippen molar-refractivity contribution in [3.8, 4) is 0 Å². The SMILES string of the molecule is CC(CCC(=O)NCCS(=O)(=O)O)[C@H]1CC[C@H]2C3C(O)CC4C[C@H](O)CC[C@]4(C)[C@H]3C[C@H](O)[C@]12C. The molecular formula is C26H45NO7S. The van der Waals surface area contributed by atoms with Gasteiger partial charge in [0.25, 0.3) is 10.1 Å². The summed E-state index contributed by atoms with van der Waals surface area (Å²) < 4.78 is 30.5. The fraction of sp³-hybridized carbons (Fsp3) is 0.962. The summed E-state index contributed by atoms with van der Waals surface area (Å²) in [7, 11) is -4.10. The fourth-order valence-electron chi connectivity index (χ4n) is 9.10. The molecule has 11 atom stereocenters. The van der Waals surface area contributed by atoms with Crippen molar-refractivity contribution in [3.63, 3.8) is 0 Å². The van der Waals surface area contributed by atoms with E-state index in [1.54, 1.807) is 0 Å². The van der Waals surface area contributed by atoms with E-state index in [4.69, 9.17) is 4.55 Å². The fourth-order valence-corrected chi connectivity index (χ4v) is 9.46. The van der Waals surface area contributed by atoms with Crippen molar-refractivity contribution in [1.29, 1.82) is 0 Å². The van der Waals surface area contributed by atoms with Gasteiger partial charge >= 0.3 is 0 Å². The van der Waals surface area contributed by atoms with Crippen LogP contribution < -0.4 is 5.32 Å². The summed E-state index contributed by atoms with van der Waals surface area (Å²) in [6.45, 7) is 6.56. The van der Waals surface area contributed by atoms with Crippen molar-refractivity contribution >= 4 is 16.0 Å². The van der Waals surface area contributed by atoms with Gasteiger partial charge in [0.2, 0.25) is 5.91 Å². The first-order chi connectivity index (χ1) is 16.3. The van der Waals surface area contributed by atoms with Crippen molar-refractivity contribution in [1.82, 2.24) is 5.32 Å². The average molecular weight is 516 g/mol. The molecule has 202 valence electrons. The molecule has 0 bridgehead atoms. The molecule has 4 rings (SSSR count). The molecular weight excluding hydrogens is 470 g/mol. The van der Waals surface area contributed by atoms with Crippen molar-refractivity contribution in [2.45, 2.75) is 96.9 Å². The number of amides is 1. The van der Waals surface area contributed by atoms with Gasteiger partial charge in [-0.25, -0.2) is 0 Å². The summed E-state index contributed by atoms with van der Waals surface area (Å²) in [6, 6.07) is 0. The van der Waals surface area contributed by atoms with Crippen LogP contribution in [0.1, 0.15) is 78.6 Å². The van der Waals surface area contributed by atoms with Crippen molar-refractivity contribution in [2.24, 2.45) is 46.3 Å². The maximum atomic E-state index is 12.2. The quantitative estimate of drug-likeness (QED) is 0.327. The molecule has 4 unspecified atom stereocenters. The Morgan fingerprint density at radius 3 is 2.46 bits per heavy atom. The molecule has 4 aliphatic rings. The second-order valence-corrected chi connectivity index (χ2v) is 14.2. The van der Waals surface area contributed by atoms with E-state index in [9.17, 15) is 28.5 Å². The van der Waals surface area contributed by atoms with Gasteiger partial charge in [-0.3, -0.25) is 9.35 Å². The second kappa shape index (κ2) is 9.86. The molecule has 0 aromatic carbocycles. The highest BCUT2D eigenvalue weighted by Gasteiger charge is 2.65. The minimum Gasteiger partial charge on any atom is -0.393 e. The highest BCUT2D eigenvalue weighted by atomic mass is 32.2. The van der Waals surface area contributed by atoms with E-state index in [2.05, 4.69) is 26.1 Å². The summed E-state index contributed by atoms with van der Waals surface area (Å²) in [4.78, 5) is 12.2. The normalized spacial score (nSPS) is 46.3. The lowest BCUT2D eigenvalue weighted by Gasteiger charge is -2.63. The molecule has 0 radical (unpaired) electrons. The van der Waals surface area contributed by atoms with E-state index in [-0.39, 0.29) is 65.4 Å². The van der Waals surface area contributed by atoms with Crippen LogP contribution in [0, 0.1) is 46.3 Å². The Balaban J connectivity index is 1.43. The smallest absolute Gasteiger partial charge is 0.266 e. The highest BCUT2D eigenvalue weighted by Crippen LogP contribution is 2.68. The van der Waals surface area contributed by atoms with Gasteiger partial charge in [0.15, 0.2) is 0 Å². The first-order valence-corrected chi connectivity index (χ1v) is 15.1. The van der Waals surface area contributed by atoms with Gasteiger partial charge in [0.05, 0.1) is 24.1 Å². The first-order valence-electron chi connectivity index (χ1n) is 13.5. The Kier molecular flexibility index (Phi) is 7.69. The molecule has 4 fully saturated rings. The van der Waals surface area contributed by atoms with Crippen LogP contribution in [0.25, 0.3) is 0 Å². The number of fused-ring (bicyclic) bond motifs is 5. The Hall–Kier alpha value is -0.740. The topological polar surface area (TPSA) is 144 Å². The van der Waals surface area contributed by atoms with Gasteiger partial charge in [-0.2, -0.15) is 8.42 Å². The second-order valence-electron chi connectivity index (χ2n) is 12.7. The molecule has 4 saturated carbocycles. The third kappa shape index (κ3) is 5.05. The molecule has 0 aliphatic heterocycles. The largest absolute Gasteiger partial charge is 0.393 e. The summed E-state index contributed by atoms with van der Waals surface area (Å²) in [5.74, 6) is 0.705. The van der Waals surface area contributed by atoms with Gasteiger partial charge < -0.3 is 20.6 Å². The van der Waals surface area contributed by atoms with Crippen molar-refractivity contribution in [2.75, 3.05) is 12.3 Å². The maximum Gasteiger partial charge on any atom is 0.266 e. The monoisotopic (exact) mass is 515 g/mol. The molecule has 0 aromatic rings. The Morgan fingerprint density at radius 1 is 1.06 bits per heavy atom. The standard InChI is InChI=1S/C26H45NO7S/c1-15(4-7-23(31)27-10-11-35(32,33)34)18-5-6-19-24-20(14-22(30)26(18,19)3)25(2)9-8-17(28)12-16(25)13-21(24)29/h15-22,24,28-30H,4-14H2,1-3H3,(H,27,31)(H,32,33,34)/t15?,16?,17-,18-,19+,20+,21?,22+,24?,25+,26-/m1/s1. The molecule has 5 N–H and O–H groups in total. The van der Waals surface area contributed by atoms with Crippen molar-refractivity contribution in [3.05, 3.63) is 0 Å². The van der Waals surface area contributed by atoms with E-state index in [1.165, 1.54) is 0 Å². The molecule has 8 nitrogen and oxygen atoms in total. The minimum absolute atomic E-state index is 0.0509. The zero-order chi connectivity index (χ0) is 25.8. The third-order valence-electron chi connectivity index (χ3n) is 11.0. The van der Waals surface area contributed by atoms with Crippen LogP contribution >= 0.6 is 0 Å². The number of carbonyl (C=O) groups is 1. The zero-order valence-corrected chi connectivity index (χ0v) is 22.2. The minimum atomic E-state index is -4.10. The van der Waals surface area contributed by atoms with Crippen LogP contribution in [-0.4, -0.2) is 64.8 Å². The van der Waals surface area contributed by atoms with E-state index < -0.39 is 28.1 Å². The summed E-state index contributed by atoms with van der Waals surface area (Å²) in [5, 5.41) is 35.8. The lowest BCUT2D eigenvalue weighted by atomic mass is 9.43.